The van der Waals surface area contributed by atoms with Gasteiger partial charge in [0, 0.05) is 27.5 Å². The topological polar surface area (TPSA) is 51.8 Å². The first-order chi connectivity index (χ1) is 25.3. The predicted octanol–water partition coefficient (Wildman–Crippen LogP) is 12.4. The summed E-state index contributed by atoms with van der Waals surface area (Å²) in [5, 5.41) is 6.75. The van der Waals surface area contributed by atoms with Crippen LogP contribution in [0, 0.1) is 0 Å². The number of hydrogen-bond acceptors (Lipinski definition) is 4. The number of furan rings is 1. The number of rotatable bonds is 5. The van der Waals surface area contributed by atoms with E-state index < -0.39 is 0 Å². The van der Waals surface area contributed by atoms with E-state index in [2.05, 4.69) is 109 Å². The van der Waals surface area contributed by atoms with Crippen LogP contribution in [0.25, 0.3) is 99.9 Å². The molecule has 0 amide bonds. The molecule has 0 aliphatic heterocycles. The lowest BCUT2D eigenvalue weighted by atomic mass is 9.93. The first-order valence-corrected chi connectivity index (χ1v) is 17.1. The summed E-state index contributed by atoms with van der Waals surface area (Å²) < 4.78 is 7.01. The van der Waals surface area contributed by atoms with Gasteiger partial charge < -0.3 is 4.42 Å². The molecule has 0 fully saturated rings. The molecule has 10 aromatic rings. The van der Waals surface area contributed by atoms with Crippen molar-refractivity contribution in [1.29, 1.82) is 0 Å². The lowest BCUT2D eigenvalue weighted by molar-refractivity contribution is 0.671. The summed E-state index contributed by atoms with van der Waals surface area (Å²) in [4.78, 5) is 15.0. The fourth-order valence-corrected chi connectivity index (χ4v) is 7.20. The van der Waals surface area contributed by atoms with Crippen LogP contribution in [0.3, 0.4) is 0 Å². The van der Waals surface area contributed by atoms with Crippen LogP contribution in [0.4, 0.5) is 0 Å². The van der Waals surface area contributed by atoms with Crippen molar-refractivity contribution in [3.05, 3.63) is 176 Å². The molecule has 4 heteroatoms. The molecular weight excluding hydrogens is 623 g/mol. The van der Waals surface area contributed by atoms with Crippen LogP contribution in [0.1, 0.15) is 0 Å². The van der Waals surface area contributed by atoms with Gasteiger partial charge in [0.05, 0.1) is 5.56 Å². The second-order valence-corrected chi connectivity index (χ2v) is 12.8. The molecule has 10 rings (SSSR count). The van der Waals surface area contributed by atoms with Crippen molar-refractivity contribution >= 4 is 43.5 Å². The summed E-state index contributed by atoms with van der Waals surface area (Å²) in [7, 11) is 0. The van der Waals surface area contributed by atoms with E-state index in [0.717, 1.165) is 60.5 Å². The van der Waals surface area contributed by atoms with Gasteiger partial charge in [-0.2, -0.15) is 0 Å². The zero-order valence-corrected chi connectivity index (χ0v) is 27.5. The molecule has 0 saturated heterocycles. The van der Waals surface area contributed by atoms with Gasteiger partial charge in [0.25, 0.3) is 0 Å². The Balaban J connectivity index is 1.20. The summed E-state index contributed by atoms with van der Waals surface area (Å²) in [6, 6.07) is 61.1. The first-order valence-electron chi connectivity index (χ1n) is 17.1. The van der Waals surface area contributed by atoms with Crippen molar-refractivity contribution in [2.24, 2.45) is 0 Å². The van der Waals surface area contributed by atoms with E-state index in [1.807, 2.05) is 66.7 Å². The van der Waals surface area contributed by atoms with Gasteiger partial charge in [-0.05, 0) is 62.5 Å². The Kier molecular flexibility index (Phi) is 6.78. The van der Waals surface area contributed by atoms with Gasteiger partial charge in [-0.15, -0.1) is 0 Å². The summed E-state index contributed by atoms with van der Waals surface area (Å²) >= 11 is 0. The van der Waals surface area contributed by atoms with E-state index in [1.54, 1.807) is 0 Å². The van der Waals surface area contributed by atoms with Crippen molar-refractivity contribution < 1.29 is 4.42 Å². The van der Waals surface area contributed by atoms with Crippen LogP contribution >= 0.6 is 0 Å². The molecule has 0 bridgehead atoms. The quantitative estimate of drug-likeness (QED) is 0.186. The highest BCUT2D eigenvalue weighted by molar-refractivity contribution is 6.20. The molecule has 2 heterocycles. The summed E-state index contributed by atoms with van der Waals surface area (Å²) in [6.07, 6.45) is 0. The van der Waals surface area contributed by atoms with E-state index in [1.165, 1.54) is 21.9 Å². The average Bonchev–Trinajstić information content (AvgIpc) is 3.58. The minimum absolute atomic E-state index is 0.568. The van der Waals surface area contributed by atoms with Gasteiger partial charge in [-0.3, -0.25) is 0 Å². The lowest BCUT2D eigenvalue weighted by Gasteiger charge is -2.11. The Labute approximate surface area is 294 Å². The van der Waals surface area contributed by atoms with E-state index in [9.17, 15) is 0 Å². The fourth-order valence-electron chi connectivity index (χ4n) is 7.20. The largest absolute Gasteiger partial charge is 0.455 e. The van der Waals surface area contributed by atoms with Crippen LogP contribution in [0.5, 0.6) is 0 Å². The number of hydrogen-bond donors (Lipinski definition) is 0. The molecule has 51 heavy (non-hydrogen) atoms. The Hall–Kier alpha value is -6.91. The molecule has 0 aliphatic rings. The van der Waals surface area contributed by atoms with Crippen molar-refractivity contribution in [3.8, 4) is 56.4 Å². The molecule has 0 unspecified atom stereocenters. The third kappa shape index (κ3) is 5.04. The van der Waals surface area contributed by atoms with Crippen molar-refractivity contribution in [3.63, 3.8) is 0 Å². The molecule has 0 atom stereocenters. The first kappa shape index (κ1) is 29.0. The Morgan fingerprint density at radius 3 is 1.55 bits per heavy atom. The second kappa shape index (κ2) is 11.9. The van der Waals surface area contributed by atoms with Crippen LogP contribution in [-0.4, -0.2) is 15.0 Å². The molecule has 8 aromatic carbocycles. The highest BCUT2D eigenvalue weighted by Crippen LogP contribution is 2.44. The average molecular weight is 652 g/mol. The Morgan fingerprint density at radius 2 is 0.863 bits per heavy atom. The van der Waals surface area contributed by atoms with E-state index >= 15 is 0 Å². The van der Waals surface area contributed by atoms with Gasteiger partial charge in [0.15, 0.2) is 17.5 Å². The maximum atomic E-state index is 7.01. The molecule has 0 spiro atoms. The SMILES string of the molecule is c1ccc(-c2ccc3cc(-c4c5ccccc5cc5c4oc4c(-c6nc(-c7ccccc7)nc(-c7ccccc7)n6)cccc45)ccc3c2)cc1. The fraction of sp³-hybridized carbons (Fsp3) is 0. The molecule has 0 saturated carbocycles. The maximum Gasteiger partial charge on any atom is 0.167 e. The van der Waals surface area contributed by atoms with E-state index in [-0.39, 0.29) is 0 Å². The van der Waals surface area contributed by atoms with Crippen molar-refractivity contribution in [2.75, 3.05) is 0 Å². The monoisotopic (exact) mass is 651 g/mol. The number of fused-ring (bicyclic) bond motifs is 5. The van der Waals surface area contributed by atoms with Gasteiger partial charge in [0.2, 0.25) is 0 Å². The summed E-state index contributed by atoms with van der Waals surface area (Å²) in [6.45, 7) is 0. The minimum atomic E-state index is 0.568. The number of para-hydroxylation sites is 1. The molecular formula is C47H29N3O. The molecule has 2 aromatic heterocycles. The van der Waals surface area contributed by atoms with Crippen LogP contribution in [0.2, 0.25) is 0 Å². The van der Waals surface area contributed by atoms with Crippen LogP contribution in [-0.2, 0) is 0 Å². The van der Waals surface area contributed by atoms with Gasteiger partial charge in [-0.25, -0.2) is 15.0 Å². The lowest BCUT2D eigenvalue weighted by Crippen LogP contribution is -2.00. The number of benzene rings is 8. The highest BCUT2D eigenvalue weighted by Gasteiger charge is 2.21. The second-order valence-electron chi connectivity index (χ2n) is 12.8. The molecule has 238 valence electrons. The van der Waals surface area contributed by atoms with Gasteiger partial charge in [0.1, 0.15) is 11.2 Å². The van der Waals surface area contributed by atoms with Crippen LogP contribution < -0.4 is 0 Å². The molecule has 0 radical (unpaired) electrons. The van der Waals surface area contributed by atoms with Gasteiger partial charge in [-0.1, -0.05) is 152 Å². The standard InChI is InChI=1S/C47H29N3O/c1-4-13-30(14-5-1)33-23-24-35-28-37(26-25-34(35)27-33)42-38-20-11-10-19-36(38)29-41-39-21-12-22-40(43(39)51-44(41)42)47-49-45(31-15-6-2-7-16-31)48-46(50-47)32-17-8-3-9-18-32/h1-29H. The zero-order chi connectivity index (χ0) is 33.7. The van der Waals surface area contributed by atoms with Crippen molar-refractivity contribution in [1.82, 2.24) is 15.0 Å². The normalized spacial score (nSPS) is 11.5. The van der Waals surface area contributed by atoms with E-state index in [0.29, 0.717) is 17.5 Å². The van der Waals surface area contributed by atoms with Crippen molar-refractivity contribution in [2.45, 2.75) is 0 Å². The molecule has 0 aliphatic carbocycles. The third-order valence-electron chi connectivity index (χ3n) is 9.69. The highest BCUT2D eigenvalue weighted by atomic mass is 16.3. The Bertz CT molecular complexity index is 2840. The van der Waals surface area contributed by atoms with E-state index in [4.69, 9.17) is 19.4 Å². The van der Waals surface area contributed by atoms with Crippen LogP contribution in [0.15, 0.2) is 180 Å². The smallest absolute Gasteiger partial charge is 0.167 e. The minimum Gasteiger partial charge on any atom is -0.455 e. The number of nitrogens with zero attached hydrogens (tertiary/aromatic N) is 3. The number of aromatic nitrogens is 3. The molecule has 0 N–H and O–H groups in total. The summed E-state index contributed by atoms with van der Waals surface area (Å²) in [5.74, 6) is 1.80. The summed E-state index contributed by atoms with van der Waals surface area (Å²) in [5.41, 5.74) is 8.87. The zero-order valence-electron chi connectivity index (χ0n) is 27.5. The molecule has 4 nitrogen and oxygen atoms in total. The predicted molar refractivity (Wildman–Crippen MR) is 209 cm³/mol. The Morgan fingerprint density at radius 1 is 0.314 bits per heavy atom. The maximum absolute atomic E-state index is 7.01. The van der Waals surface area contributed by atoms with Gasteiger partial charge >= 0.3 is 0 Å². The third-order valence-corrected chi connectivity index (χ3v) is 9.69.